The molecule has 0 aliphatic heterocycles. The van der Waals surface area contributed by atoms with E-state index in [0.29, 0.717) is 25.7 Å². The van der Waals surface area contributed by atoms with Crippen molar-refractivity contribution in [1.29, 1.82) is 0 Å². The van der Waals surface area contributed by atoms with Crippen molar-refractivity contribution < 1.29 is 9.47 Å². The molecule has 0 amide bonds. The van der Waals surface area contributed by atoms with Gasteiger partial charge in [0.05, 0.1) is 6.61 Å². The largest absolute Gasteiger partial charge is 0.463 e. The molecule has 0 spiro atoms. The van der Waals surface area contributed by atoms with Crippen molar-refractivity contribution >= 4 is 11.9 Å². The molecule has 0 aliphatic carbocycles. The maximum Gasteiger partial charge on any atom is 0.323 e. The Kier molecular flexibility index (Phi) is 7.52. The molecule has 0 unspecified atom stereocenters. The fourth-order valence-corrected chi connectivity index (χ4v) is 1.28. The third-order valence-electron chi connectivity index (χ3n) is 2.13. The average molecular weight is 270 g/mol. The van der Waals surface area contributed by atoms with Crippen LogP contribution < -0.4 is 21.3 Å². The van der Waals surface area contributed by atoms with Crippen LogP contribution in [-0.4, -0.2) is 41.3 Å². The van der Waals surface area contributed by atoms with Gasteiger partial charge in [-0.05, 0) is 19.8 Å². The summed E-state index contributed by atoms with van der Waals surface area (Å²) in [6.45, 7) is 6.67. The Labute approximate surface area is 113 Å². The molecule has 0 bridgehead atoms. The molecule has 1 aromatic heterocycles. The number of nitrogens with one attached hydrogen (secondary N) is 2. The van der Waals surface area contributed by atoms with Gasteiger partial charge in [0.25, 0.3) is 0 Å². The predicted molar refractivity (Wildman–Crippen MR) is 73.0 cm³/mol. The van der Waals surface area contributed by atoms with Crippen LogP contribution in [0.5, 0.6) is 6.01 Å². The molecule has 0 saturated heterocycles. The highest BCUT2D eigenvalue weighted by Crippen LogP contribution is 2.10. The number of hydrogen-bond acceptors (Lipinski definition) is 8. The van der Waals surface area contributed by atoms with Crippen LogP contribution in [0.4, 0.5) is 11.9 Å². The number of nitrogens with zero attached hydrogens (tertiary/aromatic N) is 3. The van der Waals surface area contributed by atoms with Crippen LogP contribution in [0, 0.1) is 0 Å². The maximum absolute atomic E-state index is 5.36. The van der Waals surface area contributed by atoms with Gasteiger partial charge in [0.15, 0.2) is 0 Å². The van der Waals surface area contributed by atoms with E-state index >= 15 is 0 Å². The van der Waals surface area contributed by atoms with Gasteiger partial charge in [-0.3, -0.25) is 5.43 Å². The molecule has 1 aromatic rings. The third-order valence-corrected chi connectivity index (χ3v) is 2.13. The molecule has 1 rings (SSSR count). The molecule has 0 radical (unpaired) electrons. The van der Waals surface area contributed by atoms with E-state index in [1.54, 1.807) is 0 Å². The van der Waals surface area contributed by atoms with Crippen molar-refractivity contribution in [3.8, 4) is 6.01 Å². The van der Waals surface area contributed by atoms with E-state index in [4.69, 9.17) is 15.3 Å². The lowest BCUT2D eigenvalue weighted by Crippen LogP contribution is -2.15. The highest BCUT2D eigenvalue weighted by Gasteiger charge is 2.06. The molecule has 8 nitrogen and oxygen atoms in total. The first-order chi connectivity index (χ1) is 9.30. The zero-order valence-corrected chi connectivity index (χ0v) is 11.5. The number of hydrogen-bond donors (Lipinski definition) is 3. The summed E-state index contributed by atoms with van der Waals surface area (Å²) in [4.78, 5) is 12.2. The Hall–Kier alpha value is -1.67. The molecule has 19 heavy (non-hydrogen) atoms. The minimum atomic E-state index is 0.261. The molecule has 0 fully saturated rings. The zero-order valence-electron chi connectivity index (χ0n) is 11.5. The molecule has 1 heterocycles. The second-order valence-electron chi connectivity index (χ2n) is 3.74. The molecule has 0 aliphatic rings. The van der Waals surface area contributed by atoms with Crippen LogP contribution in [0.1, 0.15) is 26.7 Å². The molecule has 108 valence electrons. The normalized spacial score (nSPS) is 10.3. The van der Waals surface area contributed by atoms with Crippen LogP contribution >= 0.6 is 0 Å². The van der Waals surface area contributed by atoms with Gasteiger partial charge in [-0.1, -0.05) is 6.92 Å². The third kappa shape index (κ3) is 6.16. The Bertz CT molecular complexity index is 363. The molecule has 4 N–H and O–H groups in total. The smallest absolute Gasteiger partial charge is 0.323 e. The van der Waals surface area contributed by atoms with Crippen molar-refractivity contribution in [2.45, 2.75) is 26.7 Å². The lowest BCUT2D eigenvalue weighted by atomic mass is 10.4. The number of hydrazine groups is 1. The van der Waals surface area contributed by atoms with Gasteiger partial charge in [-0.25, -0.2) is 5.84 Å². The highest BCUT2D eigenvalue weighted by atomic mass is 16.5. The lowest BCUT2D eigenvalue weighted by molar-refractivity contribution is 0.147. The van der Waals surface area contributed by atoms with Crippen LogP contribution in [-0.2, 0) is 4.74 Å². The SMILES string of the molecule is CCCOc1nc(NN)nc(NCCCOCC)n1. The summed E-state index contributed by atoms with van der Waals surface area (Å²) >= 11 is 0. The number of rotatable bonds is 10. The van der Waals surface area contributed by atoms with E-state index in [1.165, 1.54) is 0 Å². The van der Waals surface area contributed by atoms with Gasteiger partial charge >= 0.3 is 6.01 Å². The predicted octanol–water partition coefficient (Wildman–Crippen LogP) is 0.784. The van der Waals surface area contributed by atoms with Gasteiger partial charge in [-0.15, -0.1) is 0 Å². The quantitative estimate of drug-likeness (QED) is 0.325. The standard InChI is InChI=1S/C11H22N6O2/c1-3-7-19-11-15-9(14-10(16-11)17-12)13-6-5-8-18-4-2/h3-8,12H2,1-2H3,(H2,13,14,15,16,17). The van der Waals surface area contributed by atoms with E-state index in [9.17, 15) is 0 Å². The molecular formula is C11H22N6O2. The number of aromatic nitrogens is 3. The molecular weight excluding hydrogens is 248 g/mol. The van der Waals surface area contributed by atoms with E-state index in [2.05, 4.69) is 25.7 Å². The minimum absolute atomic E-state index is 0.261. The second-order valence-corrected chi connectivity index (χ2v) is 3.74. The Morgan fingerprint density at radius 1 is 1.11 bits per heavy atom. The van der Waals surface area contributed by atoms with Crippen LogP contribution in [0.25, 0.3) is 0 Å². The van der Waals surface area contributed by atoms with Crippen molar-refractivity contribution in [1.82, 2.24) is 15.0 Å². The summed E-state index contributed by atoms with van der Waals surface area (Å²) in [7, 11) is 0. The summed E-state index contributed by atoms with van der Waals surface area (Å²) in [5, 5.41) is 3.08. The minimum Gasteiger partial charge on any atom is -0.463 e. The molecule has 0 saturated carbocycles. The Morgan fingerprint density at radius 3 is 2.58 bits per heavy atom. The summed E-state index contributed by atoms with van der Waals surface area (Å²) in [5.41, 5.74) is 2.39. The number of nitrogen functional groups attached to an aromatic ring is 1. The van der Waals surface area contributed by atoms with Crippen molar-refractivity contribution in [2.75, 3.05) is 37.1 Å². The van der Waals surface area contributed by atoms with E-state index in [1.807, 2.05) is 13.8 Å². The summed E-state index contributed by atoms with van der Waals surface area (Å²) in [5.74, 6) is 6.01. The van der Waals surface area contributed by atoms with Crippen LogP contribution in [0.3, 0.4) is 0 Å². The van der Waals surface area contributed by atoms with Gasteiger partial charge in [-0.2, -0.15) is 15.0 Å². The van der Waals surface area contributed by atoms with E-state index in [-0.39, 0.29) is 12.0 Å². The number of ether oxygens (including phenoxy) is 2. The van der Waals surface area contributed by atoms with Crippen molar-refractivity contribution in [2.24, 2.45) is 5.84 Å². The van der Waals surface area contributed by atoms with Crippen molar-refractivity contribution in [3.05, 3.63) is 0 Å². The van der Waals surface area contributed by atoms with Crippen LogP contribution in [0.2, 0.25) is 0 Å². The van der Waals surface area contributed by atoms with Gasteiger partial charge < -0.3 is 14.8 Å². The van der Waals surface area contributed by atoms with Gasteiger partial charge in [0.1, 0.15) is 0 Å². The fraction of sp³-hybridized carbons (Fsp3) is 0.727. The van der Waals surface area contributed by atoms with Crippen LogP contribution in [0.15, 0.2) is 0 Å². The van der Waals surface area contributed by atoms with Gasteiger partial charge in [0.2, 0.25) is 11.9 Å². The highest BCUT2D eigenvalue weighted by molar-refractivity contribution is 5.34. The Morgan fingerprint density at radius 2 is 1.89 bits per heavy atom. The zero-order chi connectivity index (χ0) is 13.9. The summed E-state index contributed by atoms with van der Waals surface area (Å²) < 4.78 is 10.6. The van der Waals surface area contributed by atoms with E-state index in [0.717, 1.165) is 19.4 Å². The molecule has 0 aromatic carbocycles. The fourth-order valence-electron chi connectivity index (χ4n) is 1.28. The first-order valence-electron chi connectivity index (χ1n) is 6.47. The topological polar surface area (TPSA) is 107 Å². The average Bonchev–Trinajstić information content (AvgIpc) is 2.44. The molecule has 0 atom stereocenters. The first kappa shape index (κ1) is 15.4. The van der Waals surface area contributed by atoms with E-state index < -0.39 is 0 Å². The van der Waals surface area contributed by atoms with Crippen molar-refractivity contribution in [3.63, 3.8) is 0 Å². The number of nitrogens with two attached hydrogens (primary N) is 1. The molecule has 8 heteroatoms. The first-order valence-corrected chi connectivity index (χ1v) is 6.47. The lowest BCUT2D eigenvalue weighted by Gasteiger charge is -2.08. The monoisotopic (exact) mass is 270 g/mol. The number of anilines is 2. The summed E-state index contributed by atoms with van der Waals surface area (Å²) in [6, 6.07) is 0.261. The summed E-state index contributed by atoms with van der Waals surface area (Å²) in [6.07, 6.45) is 1.75. The van der Waals surface area contributed by atoms with Gasteiger partial charge in [0, 0.05) is 19.8 Å². The second kappa shape index (κ2) is 9.29. The maximum atomic E-state index is 5.36. The Balaban J connectivity index is 2.50.